The third-order valence-electron chi connectivity index (χ3n) is 2.06. The third-order valence-corrected chi connectivity index (χ3v) is 2.06. The van der Waals surface area contributed by atoms with Crippen LogP contribution in [0.4, 0.5) is 4.79 Å². The second kappa shape index (κ2) is 4.81. The molecule has 0 aromatic carbocycles. The van der Waals surface area contributed by atoms with E-state index in [0.29, 0.717) is 13.2 Å². The van der Waals surface area contributed by atoms with Gasteiger partial charge in [0.15, 0.2) is 0 Å². The molecule has 1 atom stereocenters. The molecule has 1 aliphatic heterocycles. The Morgan fingerprint density at radius 1 is 1.60 bits per heavy atom. The fraction of sp³-hybridized carbons (Fsp3) is 0.900. The zero-order chi connectivity index (χ0) is 11.5. The Kier molecular flexibility index (Phi) is 3.93. The van der Waals surface area contributed by atoms with Crippen molar-refractivity contribution in [3.05, 3.63) is 0 Å². The van der Waals surface area contributed by atoms with Gasteiger partial charge >= 0.3 is 6.09 Å². The molecular formula is C10H19NO4. The summed E-state index contributed by atoms with van der Waals surface area (Å²) in [6.07, 6.45) is -1.05. The molecular weight excluding hydrogens is 198 g/mol. The quantitative estimate of drug-likeness (QED) is 0.723. The monoisotopic (exact) mass is 217 g/mol. The molecule has 1 aliphatic rings. The van der Waals surface area contributed by atoms with Crippen molar-refractivity contribution in [2.24, 2.45) is 5.92 Å². The summed E-state index contributed by atoms with van der Waals surface area (Å²) in [6.45, 7) is 6.73. The zero-order valence-electron chi connectivity index (χ0n) is 9.45. The van der Waals surface area contributed by atoms with E-state index in [1.807, 2.05) is 0 Å². The Labute approximate surface area is 89.8 Å². The van der Waals surface area contributed by atoms with Crippen LogP contribution in [0.2, 0.25) is 0 Å². The Morgan fingerprint density at radius 2 is 2.20 bits per heavy atom. The predicted molar refractivity (Wildman–Crippen MR) is 54.6 cm³/mol. The number of carbonyl (C=O) groups is 1. The van der Waals surface area contributed by atoms with Crippen molar-refractivity contribution in [3.63, 3.8) is 0 Å². The van der Waals surface area contributed by atoms with Gasteiger partial charge in [-0.1, -0.05) is 0 Å². The van der Waals surface area contributed by atoms with Gasteiger partial charge in [-0.2, -0.15) is 0 Å². The summed E-state index contributed by atoms with van der Waals surface area (Å²) < 4.78 is 9.97. The number of aliphatic hydroxyl groups is 1. The lowest BCUT2D eigenvalue weighted by Crippen LogP contribution is -2.45. The van der Waals surface area contributed by atoms with E-state index in [2.05, 4.69) is 5.32 Å². The molecule has 0 aromatic rings. The fourth-order valence-corrected chi connectivity index (χ4v) is 1.14. The first-order valence-corrected chi connectivity index (χ1v) is 5.11. The summed E-state index contributed by atoms with van der Waals surface area (Å²) in [5, 5.41) is 12.1. The third kappa shape index (κ3) is 4.48. The van der Waals surface area contributed by atoms with Crippen LogP contribution in [0.1, 0.15) is 20.8 Å². The molecule has 1 heterocycles. The number of aliphatic hydroxyl groups excluding tert-OH is 1. The average Bonchev–Trinajstić information content (AvgIpc) is 1.94. The summed E-state index contributed by atoms with van der Waals surface area (Å²) in [5.41, 5.74) is -0.505. The number of hydrogen-bond acceptors (Lipinski definition) is 4. The van der Waals surface area contributed by atoms with Crippen molar-refractivity contribution in [1.82, 2.24) is 5.32 Å². The van der Waals surface area contributed by atoms with Gasteiger partial charge in [-0.25, -0.2) is 4.79 Å². The number of carbonyl (C=O) groups excluding carboxylic acids is 1. The van der Waals surface area contributed by atoms with Gasteiger partial charge in [0.1, 0.15) is 5.60 Å². The van der Waals surface area contributed by atoms with Crippen molar-refractivity contribution in [2.45, 2.75) is 32.5 Å². The lowest BCUT2D eigenvalue weighted by molar-refractivity contribution is -0.0897. The highest BCUT2D eigenvalue weighted by Gasteiger charge is 2.27. The first-order chi connectivity index (χ1) is 6.88. The van der Waals surface area contributed by atoms with Crippen LogP contribution in [0.5, 0.6) is 0 Å². The second-order valence-electron chi connectivity index (χ2n) is 4.75. The molecule has 88 valence electrons. The minimum atomic E-state index is -0.550. The number of hydrogen-bond donors (Lipinski definition) is 2. The first-order valence-electron chi connectivity index (χ1n) is 5.11. The van der Waals surface area contributed by atoms with Gasteiger partial charge in [-0.05, 0) is 20.8 Å². The van der Waals surface area contributed by atoms with Crippen LogP contribution >= 0.6 is 0 Å². The fourth-order valence-electron chi connectivity index (χ4n) is 1.14. The first kappa shape index (κ1) is 12.3. The normalized spacial score (nSPS) is 19.2. The second-order valence-corrected chi connectivity index (χ2v) is 4.75. The lowest BCUT2D eigenvalue weighted by Gasteiger charge is -2.30. The topological polar surface area (TPSA) is 67.8 Å². The summed E-state index contributed by atoms with van der Waals surface area (Å²) >= 11 is 0. The SMILES string of the molecule is CC(C)(C)OC(=O)NC[C@H](O)C1COC1. The number of alkyl carbamates (subject to hydrolysis) is 1. The maximum atomic E-state index is 11.2. The van der Waals surface area contributed by atoms with Crippen molar-refractivity contribution in [1.29, 1.82) is 0 Å². The maximum absolute atomic E-state index is 11.2. The minimum absolute atomic E-state index is 0.139. The Hall–Kier alpha value is -0.810. The average molecular weight is 217 g/mol. The molecule has 1 rings (SSSR count). The number of ether oxygens (including phenoxy) is 2. The molecule has 15 heavy (non-hydrogen) atoms. The molecule has 5 nitrogen and oxygen atoms in total. The summed E-state index contributed by atoms with van der Waals surface area (Å²) in [6, 6.07) is 0. The van der Waals surface area contributed by atoms with E-state index in [1.165, 1.54) is 0 Å². The Balaban J connectivity index is 2.15. The van der Waals surface area contributed by atoms with Gasteiger partial charge in [0, 0.05) is 12.5 Å². The molecule has 0 radical (unpaired) electrons. The van der Waals surface area contributed by atoms with Crippen LogP contribution in [-0.2, 0) is 9.47 Å². The van der Waals surface area contributed by atoms with E-state index in [4.69, 9.17) is 9.47 Å². The van der Waals surface area contributed by atoms with Crippen LogP contribution in [0, 0.1) is 5.92 Å². The van der Waals surface area contributed by atoms with Gasteiger partial charge in [0.25, 0.3) is 0 Å². The van der Waals surface area contributed by atoms with Crippen molar-refractivity contribution in [2.75, 3.05) is 19.8 Å². The van der Waals surface area contributed by atoms with Crippen molar-refractivity contribution >= 4 is 6.09 Å². The number of nitrogens with one attached hydrogen (secondary N) is 1. The molecule has 2 N–H and O–H groups in total. The number of rotatable bonds is 3. The molecule has 1 saturated heterocycles. The van der Waals surface area contributed by atoms with E-state index in [9.17, 15) is 9.90 Å². The van der Waals surface area contributed by atoms with Gasteiger partial charge in [-0.15, -0.1) is 0 Å². The highest BCUT2D eigenvalue weighted by atomic mass is 16.6. The maximum Gasteiger partial charge on any atom is 0.407 e. The van der Waals surface area contributed by atoms with Gasteiger partial charge in [0.05, 0.1) is 19.3 Å². The largest absolute Gasteiger partial charge is 0.444 e. The summed E-state index contributed by atoms with van der Waals surface area (Å²) in [5.74, 6) is 0.139. The van der Waals surface area contributed by atoms with E-state index < -0.39 is 17.8 Å². The van der Waals surface area contributed by atoms with E-state index in [1.54, 1.807) is 20.8 Å². The Morgan fingerprint density at radius 3 is 2.60 bits per heavy atom. The molecule has 0 saturated carbocycles. The molecule has 1 amide bonds. The Bertz CT molecular complexity index is 220. The van der Waals surface area contributed by atoms with E-state index >= 15 is 0 Å². The standard InChI is InChI=1S/C10H19NO4/c1-10(2,3)15-9(13)11-4-8(12)7-5-14-6-7/h7-8,12H,4-6H2,1-3H3,(H,11,13)/t8-/m0/s1. The molecule has 0 bridgehead atoms. The zero-order valence-corrected chi connectivity index (χ0v) is 9.45. The van der Waals surface area contributed by atoms with Gasteiger partial charge in [0.2, 0.25) is 0 Å². The van der Waals surface area contributed by atoms with Crippen molar-refractivity contribution in [3.8, 4) is 0 Å². The van der Waals surface area contributed by atoms with Crippen LogP contribution in [-0.4, -0.2) is 42.7 Å². The van der Waals surface area contributed by atoms with Gasteiger partial charge < -0.3 is 19.9 Å². The summed E-state index contributed by atoms with van der Waals surface area (Å²) in [4.78, 5) is 11.2. The molecule has 0 spiro atoms. The van der Waals surface area contributed by atoms with E-state index in [0.717, 1.165) is 0 Å². The van der Waals surface area contributed by atoms with E-state index in [-0.39, 0.29) is 12.5 Å². The smallest absolute Gasteiger partial charge is 0.407 e. The van der Waals surface area contributed by atoms with Gasteiger partial charge in [-0.3, -0.25) is 0 Å². The minimum Gasteiger partial charge on any atom is -0.444 e. The lowest BCUT2D eigenvalue weighted by atomic mass is 10.0. The predicted octanol–water partition coefficient (Wildman–Crippen LogP) is 0.518. The van der Waals surface area contributed by atoms with Crippen molar-refractivity contribution < 1.29 is 19.4 Å². The highest BCUT2D eigenvalue weighted by molar-refractivity contribution is 5.67. The molecule has 0 aliphatic carbocycles. The van der Waals surface area contributed by atoms with Crippen LogP contribution in [0.3, 0.4) is 0 Å². The highest BCUT2D eigenvalue weighted by Crippen LogP contribution is 2.14. The molecule has 0 aromatic heterocycles. The number of amides is 1. The molecule has 1 fully saturated rings. The molecule has 0 unspecified atom stereocenters. The van der Waals surface area contributed by atoms with Crippen LogP contribution in [0.25, 0.3) is 0 Å². The summed E-state index contributed by atoms with van der Waals surface area (Å²) in [7, 11) is 0. The van der Waals surface area contributed by atoms with Crippen LogP contribution < -0.4 is 5.32 Å². The van der Waals surface area contributed by atoms with Crippen LogP contribution in [0.15, 0.2) is 0 Å². The molecule has 5 heteroatoms.